The number of piperidine rings is 1. The maximum Gasteiger partial charge on any atom is 0.223 e. The second-order valence-electron chi connectivity index (χ2n) is 12.8. The maximum atomic E-state index is 14.5. The van der Waals surface area contributed by atoms with Gasteiger partial charge in [0.05, 0.1) is 17.3 Å². The Morgan fingerprint density at radius 1 is 1.12 bits per heavy atom. The van der Waals surface area contributed by atoms with Crippen molar-refractivity contribution in [1.82, 2.24) is 20.9 Å². The molecule has 13 heteroatoms. The van der Waals surface area contributed by atoms with Crippen LogP contribution in [0.2, 0.25) is 5.02 Å². The summed E-state index contributed by atoms with van der Waals surface area (Å²) in [6, 6.07) is 5.45. The number of hydrogen-bond acceptors (Lipinski definition) is 7. The van der Waals surface area contributed by atoms with Gasteiger partial charge in [-0.2, -0.15) is 0 Å². The molecule has 10 nitrogen and oxygen atoms in total. The van der Waals surface area contributed by atoms with Crippen molar-refractivity contribution >= 4 is 42.7 Å². The first-order valence-electron chi connectivity index (χ1n) is 17.6. The highest BCUT2D eigenvalue weighted by Gasteiger charge is 2.29. The minimum Gasteiger partial charge on any atom is -0.489 e. The molecule has 2 aliphatic rings. The second kappa shape index (κ2) is 23.6. The number of rotatable bonds is 18. The van der Waals surface area contributed by atoms with E-state index in [2.05, 4.69) is 58.3 Å². The van der Waals surface area contributed by atoms with Crippen LogP contribution in [0.25, 0.3) is 11.1 Å². The Kier molecular flexibility index (Phi) is 20.0. The van der Waals surface area contributed by atoms with Crippen LogP contribution in [0.4, 0.5) is 14.5 Å². The number of nitrogens with zero attached hydrogens (tertiary/aromatic N) is 2. The highest BCUT2D eigenvalue weighted by molar-refractivity contribution is 6.34. The van der Waals surface area contributed by atoms with Gasteiger partial charge in [-0.3, -0.25) is 19.4 Å². The number of carbonyl (C=O) groups excluding carboxylic acids is 3. The average molecular weight is 733 g/mol. The quantitative estimate of drug-likeness (QED) is 0.0630. The van der Waals surface area contributed by atoms with E-state index in [0.717, 1.165) is 44.5 Å². The van der Waals surface area contributed by atoms with Crippen molar-refractivity contribution in [3.63, 3.8) is 0 Å². The van der Waals surface area contributed by atoms with E-state index in [0.29, 0.717) is 48.7 Å². The Bertz CT molecular complexity index is 1420. The molecule has 2 aromatic carbocycles. The summed E-state index contributed by atoms with van der Waals surface area (Å²) in [5.74, 6) is -0.851. The molecule has 1 saturated heterocycles. The largest absolute Gasteiger partial charge is 0.489 e. The fourth-order valence-corrected chi connectivity index (χ4v) is 5.83. The van der Waals surface area contributed by atoms with Gasteiger partial charge in [-0.1, -0.05) is 24.6 Å². The third-order valence-electron chi connectivity index (χ3n) is 8.53. The standard InChI is InChI=1S/C20H20ClF2N3O3.C12H22N2O.C6H13N/c1-12(25-10-27)7-13-8-16(21)18(15-4-3-14(22)9-17(15)23)20(19(13)26-11-28)29-6-5-24-2;1-2-7-14-8-5-10(6-9-14)12(15)13-11-3-4-11;1-4-5-6(2)7-3/h3-4,8-12H,2,5-7H2,1H3,(H,25,27)(H,26,28);10-11H,2-9H2,1H3,(H,13,15);4,6-7H,1,5H2,2-3H3/t12-;;/m1../s1. The summed E-state index contributed by atoms with van der Waals surface area (Å²) in [6.45, 7) is 16.8. The lowest BCUT2D eigenvalue weighted by atomic mass is 9.96. The van der Waals surface area contributed by atoms with Gasteiger partial charge in [0, 0.05) is 41.2 Å². The zero-order chi connectivity index (χ0) is 37.8. The lowest BCUT2D eigenvalue weighted by Crippen LogP contribution is -2.41. The molecule has 1 aliphatic carbocycles. The van der Waals surface area contributed by atoms with Crippen LogP contribution in [0.15, 0.2) is 41.9 Å². The number of aliphatic imine (C=N–C) groups is 1. The first-order chi connectivity index (χ1) is 24.5. The van der Waals surface area contributed by atoms with Crippen LogP contribution in [0, 0.1) is 17.6 Å². The first kappa shape index (κ1) is 43.3. The molecule has 1 heterocycles. The van der Waals surface area contributed by atoms with Gasteiger partial charge in [-0.05, 0) is 116 Å². The molecule has 3 amide bonds. The van der Waals surface area contributed by atoms with Gasteiger partial charge >= 0.3 is 0 Å². The number of likely N-dealkylation sites (tertiary alicyclic amines) is 1. The molecular formula is C38H55ClF2N6O4. The van der Waals surface area contributed by atoms with E-state index in [1.165, 1.54) is 31.9 Å². The molecule has 282 valence electrons. The van der Waals surface area contributed by atoms with E-state index in [1.807, 2.05) is 13.1 Å². The number of nitrogens with one attached hydrogen (secondary N) is 4. The fraction of sp³-hybridized carbons (Fsp3) is 0.526. The summed E-state index contributed by atoms with van der Waals surface area (Å²) in [5.41, 5.74) is 1.01. The van der Waals surface area contributed by atoms with E-state index in [-0.39, 0.29) is 46.8 Å². The van der Waals surface area contributed by atoms with Crippen molar-refractivity contribution < 1.29 is 27.9 Å². The molecular weight excluding hydrogens is 678 g/mol. The molecule has 4 rings (SSSR count). The molecule has 0 radical (unpaired) electrons. The Morgan fingerprint density at radius 3 is 2.35 bits per heavy atom. The SMILES string of the molecule is C=CCC(C)NC.C=NCCOc1c(NC=O)c(C[C@@H](C)NC=O)cc(Cl)c1-c1ccc(F)cc1F.CCCN1CCC(C(=O)NC2CC2)CC1. The van der Waals surface area contributed by atoms with Gasteiger partial charge in [-0.25, -0.2) is 8.78 Å². The Balaban J connectivity index is 0.000000337. The maximum absolute atomic E-state index is 14.5. The predicted octanol–water partition coefficient (Wildman–Crippen LogP) is 6.17. The number of anilines is 1. The van der Waals surface area contributed by atoms with Gasteiger partial charge in [-0.15, -0.1) is 6.58 Å². The zero-order valence-electron chi connectivity index (χ0n) is 30.4. The number of halogens is 3. The molecule has 1 saturated carbocycles. The van der Waals surface area contributed by atoms with E-state index in [9.17, 15) is 23.2 Å². The summed E-state index contributed by atoms with van der Waals surface area (Å²) in [4.78, 5) is 39.9. The lowest BCUT2D eigenvalue weighted by Gasteiger charge is -2.30. The molecule has 0 bridgehead atoms. The minimum atomic E-state index is -0.834. The molecule has 51 heavy (non-hydrogen) atoms. The molecule has 0 aromatic heterocycles. The second-order valence-corrected chi connectivity index (χ2v) is 13.2. The van der Waals surface area contributed by atoms with E-state index in [1.54, 1.807) is 13.0 Å². The van der Waals surface area contributed by atoms with Crippen molar-refractivity contribution in [3.8, 4) is 16.9 Å². The van der Waals surface area contributed by atoms with Gasteiger partial charge < -0.3 is 30.9 Å². The van der Waals surface area contributed by atoms with Crippen molar-refractivity contribution in [2.75, 3.05) is 45.2 Å². The fourth-order valence-electron chi connectivity index (χ4n) is 5.51. The molecule has 2 fully saturated rings. The minimum absolute atomic E-state index is 0.0116. The van der Waals surface area contributed by atoms with Gasteiger partial charge in [0.15, 0.2) is 5.75 Å². The Labute approximate surface area is 306 Å². The van der Waals surface area contributed by atoms with Crippen LogP contribution < -0.4 is 26.0 Å². The van der Waals surface area contributed by atoms with Crippen molar-refractivity contribution in [3.05, 3.63) is 59.1 Å². The van der Waals surface area contributed by atoms with Crippen molar-refractivity contribution in [2.45, 2.75) is 83.8 Å². The van der Waals surface area contributed by atoms with Gasteiger partial charge in [0.25, 0.3) is 0 Å². The average Bonchev–Trinajstić information content (AvgIpc) is 3.92. The molecule has 4 N–H and O–H groups in total. The van der Waals surface area contributed by atoms with E-state index in [4.69, 9.17) is 16.3 Å². The van der Waals surface area contributed by atoms with E-state index >= 15 is 0 Å². The van der Waals surface area contributed by atoms with E-state index < -0.39 is 11.6 Å². The van der Waals surface area contributed by atoms with Crippen molar-refractivity contribution in [2.24, 2.45) is 10.9 Å². The predicted molar refractivity (Wildman–Crippen MR) is 203 cm³/mol. The third-order valence-corrected chi connectivity index (χ3v) is 8.83. The molecule has 0 spiro atoms. The highest BCUT2D eigenvalue weighted by atomic mass is 35.5. The topological polar surface area (TPSA) is 124 Å². The normalized spacial score (nSPS) is 15.4. The van der Waals surface area contributed by atoms with Crippen LogP contribution >= 0.6 is 11.6 Å². The number of carbonyl (C=O) groups is 3. The molecule has 2 atom stereocenters. The molecule has 2 aromatic rings. The third kappa shape index (κ3) is 15.1. The monoisotopic (exact) mass is 732 g/mol. The van der Waals surface area contributed by atoms with Gasteiger partial charge in [0.1, 0.15) is 18.2 Å². The summed E-state index contributed by atoms with van der Waals surface area (Å²) in [5, 5.41) is 11.5. The Hall–Kier alpha value is -3.87. The van der Waals surface area contributed by atoms with Crippen LogP contribution in [0.5, 0.6) is 5.75 Å². The smallest absolute Gasteiger partial charge is 0.223 e. The van der Waals surface area contributed by atoms with Crippen LogP contribution in [-0.2, 0) is 20.8 Å². The first-order valence-corrected chi connectivity index (χ1v) is 18.0. The number of hydrogen-bond donors (Lipinski definition) is 4. The number of benzene rings is 2. The van der Waals surface area contributed by atoms with Crippen LogP contribution in [0.3, 0.4) is 0 Å². The Morgan fingerprint density at radius 2 is 1.82 bits per heavy atom. The summed E-state index contributed by atoms with van der Waals surface area (Å²) >= 11 is 6.44. The molecule has 1 unspecified atom stereocenters. The van der Waals surface area contributed by atoms with Gasteiger partial charge in [0.2, 0.25) is 18.7 Å². The number of amides is 3. The van der Waals surface area contributed by atoms with Crippen LogP contribution in [0.1, 0.15) is 64.9 Å². The summed E-state index contributed by atoms with van der Waals surface area (Å²) in [6.07, 6.45) is 10.0. The summed E-state index contributed by atoms with van der Waals surface area (Å²) < 4.78 is 33.6. The molecule has 1 aliphatic heterocycles. The van der Waals surface area contributed by atoms with Crippen molar-refractivity contribution in [1.29, 1.82) is 0 Å². The summed E-state index contributed by atoms with van der Waals surface area (Å²) in [7, 11) is 1.95. The lowest BCUT2D eigenvalue weighted by molar-refractivity contribution is -0.126. The van der Waals surface area contributed by atoms with Crippen LogP contribution in [-0.4, -0.2) is 88.3 Å². The number of ether oxygens (including phenoxy) is 1. The highest BCUT2D eigenvalue weighted by Crippen LogP contribution is 2.45. The zero-order valence-corrected chi connectivity index (χ0v) is 31.2.